The van der Waals surface area contributed by atoms with E-state index in [0.717, 1.165) is 18.8 Å². The SMILES string of the molecule is CC1(C23CCC(CC2)C3)CC2CCC1(C(=O)O)C2. The summed E-state index contributed by atoms with van der Waals surface area (Å²) in [5.41, 5.74) is 0.127. The number of hydrogen-bond acceptors (Lipinski definition) is 1. The normalized spacial score (nSPS) is 57.4. The van der Waals surface area contributed by atoms with Gasteiger partial charge in [0, 0.05) is 0 Å². The van der Waals surface area contributed by atoms with Crippen molar-refractivity contribution in [2.75, 3.05) is 0 Å². The fourth-order valence-corrected chi connectivity index (χ4v) is 6.72. The molecule has 0 aromatic carbocycles. The Balaban J connectivity index is 1.81. The van der Waals surface area contributed by atoms with E-state index in [9.17, 15) is 9.90 Å². The van der Waals surface area contributed by atoms with Crippen molar-refractivity contribution in [3.63, 3.8) is 0 Å². The summed E-state index contributed by atoms with van der Waals surface area (Å²) in [6, 6.07) is 0. The lowest BCUT2D eigenvalue weighted by Gasteiger charge is -2.53. The number of fused-ring (bicyclic) bond motifs is 4. The van der Waals surface area contributed by atoms with Crippen molar-refractivity contribution in [1.29, 1.82) is 0 Å². The number of rotatable bonds is 2. The lowest BCUT2D eigenvalue weighted by atomic mass is 9.50. The topological polar surface area (TPSA) is 37.3 Å². The molecule has 0 radical (unpaired) electrons. The molecule has 2 nitrogen and oxygen atoms in total. The van der Waals surface area contributed by atoms with Gasteiger partial charge in [-0.3, -0.25) is 4.79 Å². The van der Waals surface area contributed by atoms with Gasteiger partial charge in [-0.1, -0.05) is 6.92 Å². The third-order valence-electron chi connectivity index (χ3n) is 7.69. The minimum atomic E-state index is -0.477. The van der Waals surface area contributed by atoms with E-state index in [0.29, 0.717) is 11.3 Å². The molecule has 0 aliphatic heterocycles. The minimum Gasteiger partial charge on any atom is -0.481 e. The Hall–Kier alpha value is -0.530. The van der Waals surface area contributed by atoms with Crippen LogP contribution >= 0.6 is 0 Å². The van der Waals surface area contributed by atoms with Crippen LogP contribution in [-0.4, -0.2) is 11.1 Å². The molecule has 3 unspecified atom stereocenters. The van der Waals surface area contributed by atoms with Crippen molar-refractivity contribution in [1.82, 2.24) is 0 Å². The highest BCUT2D eigenvalue weighted by Gasteiger charge is 2.71. The number of carboxylic acids is 1. The highest BCUT2D eigenvalue weighted by atomic mass is 16.4. The quantitative estimate of drug-likeness (QED) is 0.806. The molecule has 1 N–H and O–H groups in total. The zero-order chi connectivity index (χ0) is 12.6. The summed E-state index contributed by atoms with van der Waals surface area (Å²) in [5.74, 6) is 1.15. The largest absolute Gasteiger partial charge is 0.481 e. The average molecular weight is 248 g/mol. The first-order valence-electron chi connectivity index (χ1n) is 7.75. The van der Waals surface area contributed by atoms with Gasteiger partial charge in [-0.2, -0.15) is 0 Å². The van der Waals surface area contributed by atoms with E-state index in [4.69, 9.17) is 0 Å². The number of carbonyl (C=O) groups is 1. The van der Waals surface area contributed by atoms with Crippen LogP contribution in [0.3, 0.4) is 0 Å². The first-order valence-corrected chi connectivity index (χ1v) is 7.75. The number of hydrogen-bond donors (Lipinski definition) is 1. The molecule has 4 fully saturated rings. The molecular formula is C16H24O2. The van der Waals surface area contributed by atoms with Crippen LogP contribution in [0.2, 0.25) is 0 Å². The maximum atomic E-state index is 12.0. The third-order valence-corrected chi connectivity index (χ3v) is 7.69. The molecule has 4 saturated carbocycles. The number of carboxylic acid groups (broad SMARTS) is 1. The van der Waals surface area contributed by atoms with Crippen molar-refractivity contribution >= 4 is 5.97 Å². The van der Waals surface area contributed by atoms with Gasteiger partial charge >= 0.3 is 5.97 Å². The van der Waals surface area contributed by atoms with Gasteiger partial charge in [0.25, 0.3) is 0 Å². The van der Waals surface area contributed by atoms with Gasteiger partial charge in [-0.15, -0.1) is 0 Å². The average Bonchev–Trinajstić information content (AvgIpc) is 3.07. The summed E-state index contributed by atoms with van der Waals surface area (Å²) in [6.45, 7) is 2.36. The molecular weight excluding hydrogens is 224 g/mol. The van der Waals surface area contributed by atoms with E-state index < -0.39 is 5.97 Å². The Morgan fingerprint density at radius 3 is 2.17 bits per heavy atom. The van der Waals surface area contributed by atoms with Crippen LogP contribution in [0.1, 0.15) is 64.7 Å². The maximum absolute atomic E-state index is 12.0. The standard InChI is InChI=1S/C16H24O2/c1-14(15-5-2-11(9-15)3-6-15)8-12-4-7-16(14,10-12)13(17)18/h11-12H,2-10H2,1H3,(H,17,18). The fraction of sp³-hybridized carbons (Fsp3) is 0.938. The Morgan fingerprint density at radius 2 is 1.67 bits per heavy atom. The summed E-state index contributed by atoms with van der Waals surface area (Å²) in [4.78, 5) is 12.0. The van der Waals surface area contributed by atoms with Gasteiger partial charge in [0.2, 0.25) is 0 Å². The van der Waals surface area contributed by atoms with Crippen molar-refractivity contribution in [3.05, 3.63) is 0 Å². The molecule has 18 heavy (non-hydrogen) atoms. The third kappa shape index (κ3) is 1.02. The highest BCUT2D eigenvalue weighted by Crippen LogP contribution is 2.76. The molecule has 0 amide bonds. The fourth-order valence-electron chi connectivity index (χ4n) is 6.72. The van der Waals surface area contributed by atoms with Crippen LogP contribution in [0.4, 0.5) is 0 Å². The van der Waals surface area contributed by atoms with Crippen LogP contribution < -0.4 is 0 Å². The lowest BCUT2D eigenvalue weighted by Crippen LogP contribution is -2.51. The zero-order valence-corrected chi connectivity index (χ0v) is 11.4. The molecule has 100 valence electrons. The molecule has 3 atom stereocenters. The van der Waals surface area contributed by atoms with Crippen LogP contribution in [0.25, 0.3) is 0 Å². The van der Waals surface area contributed by atoms with Gasteiger partial charge in [-0.05, 0) is 80.5 Å². The van der Waals surface area contributed by atoms with E-state index in [1.807, 2.05) is 0 Å². The molecule has 4 rings (SSSR count). The van der Waals surface area contributed by atoms with Crippen LogP contribution in [0, 0.1) is 28.1 Å². The van der Waals surface area contributed by atoms with Crippen molar-refractivity contribution in [2.45, 2.75) is 64.7 Å². The van der Waals surface area contributed by atoms with E-state index >= 15 is 0 Å². The van der Waals surface area contributed by atoms with Crippen molar-refractivity contribution < 1.29 is 9.90 Å². The predicted octanol–water partition coefficient (Wildman–Crippen LogP) is 3.85. The summed E-state index contributed by atoms with van der Waals surface area (Å²) in [7, 11) is 0. The molecule has 0 saturated heterocycles. The molecule has 0 heterocycles. The Morgan fingerprint density at radius 1 is 1.00 bits per heavy atom. The van der Waals surface area contributed by atoms with Gasteiger partial charge in [0.15, 0.2) is 0 Å². The monoisotopic (exact) mass is 248 g/mol. The van der Waals surface area contributed by atoms with E-state index in [1.54, 1.807) is 0 Å². The molecule has 4 aliphatic carbocycles. The van der Waals surface area contributed by atoms with Crippen LogP contribution in [0.5, 0.6) is 0 Å². The van der Waals surface area contributed by atoms with Gasteiger partial charge in [0.1, 0.15) is 0 Å². The van der Waals surface area contributed by atoms with Crippen LogP contribution in [-0.2, 0) is 4.79 Å². The Bertz CT molecular complexity index is 407. The first kappa shape index (κ1) is 11.3. The Labute approximate surface area is 109 Å². The second kappa shape index (κ2) is 3.13. The smallest absolute Gasteiger partial charge is 0.310 e. The molecule has 0 aromatic heterocycles. The maximum Gasteiger partial charge on any atom is 0.310 e. The van der Waals surface area contributed by atoms with Crippen molar-refractivity contribution in [3.8, 4) is 0 Å². The van der Waals surface area contributed by atoms with Gasteiger partial charge in [-0.25, -0.2) is 0 Å². The summed E-state index contributed by atoms with van der Waals surface area (Å²) in [5, 5.41) is 9.91. The van der Waals surface area contributed by atoms with E-state index in [1.165, 1.54) is 44.9 Å². The molecule has 4 bridgehead atoms. The summed E-state index contributed by atoms with van der Waals surface area (Å²) < 4.78 is 0. The van der Waals surface area contributed by atoms with E-state index in [2.05, 4.69) is 6.92 Å². The van der Waals surface area contributed by atoms with Crippen LogP contribution in [0.15, 0.2) is 0 Å². The second-order valence-electron chi connectivity index (χ2n) is 7.96. The molecule has 0 aromatic rings. The van der Waals surface area contributed by atoms with Gasteiger partial charge < -0.3 is 5.11 Å². The highest BCUT2D eigenvalue weighted by molar-refractivity contribution is 5.77. The van der Waals surface area contributed by atoms with E-state index in [-0.39, 0.29) is 10.8 Å². The molecule has 2 heteroatoms. The van der Waals surface area contributed by atoms with Gasteiger partial charge in [0.05, 0.1) is 5.41 Å². The summed E-state index contributed by atoms with van der Waals surface area (Å²) >= 11 is 0. The number of aliphatic carboxylic acids is 1. The minimum absolute atomic E-state index is 0.0972. The zero-order valence-electron chi connectivity index (χ0n) is 11.4. The second-order valence-corrected chi connectivity index (χ2v) is 7.96. The lowest BCUT2D eigenvalue weighted by molar-refractivity contribution is -0.165. The first-order chi connectivity index (χ1) is 8.51. The summed E-state index contributed by atoms with van der Waals surface area (Å²) in [6.07, 6.45) is 11.0. The molecule has 4 aliphatic rings. The predicted molar refractivity (Wildman–Crippen MR) is 69.1 cm³/mol. The van der Waals surface area contributed by atoms with Crippen molar-refractivity contribution in [2.24, 2.45) is 28.1 Å². The molecule has 0 spiro atoms. The Kier molecular flexibility index (Phi) is 1.97.